The van der Waals surface area contributed by atoms with Gasteiger partial charge in [-0.1, -0.05) is 18.2 Å². The topological polar surface area (TPSA) is 72.6 Å². The first-order valence-corrected chi connectivity index (χ1v) is 7.36. The number of aromatic amines is 1. The first kappa shape index (κ1) is 15.7. The number of nitrogens with one attached hydrogen (secondary N) is 2. The van der Waals surface area contributed by atoms with Gasteiger partial charge in [-0.2, -0.15) is 0 Å². The van der Waals surface area contributed by atoms with Gasteiger partial charge in [0.1, 0.15) is 11.4 Å². The molecule has 124 valence electrons. The number of aromatic nitrogens is 1. The van der Waals surface area contributed by atoms with Crippen LogP contribution in [-0.2, 0) is 0 Å². The second kappa shape index (κ2) is 6.54. The van der Waals surface area contributed by atoms with Crippen molar-refractivity contribution in [2.45, 2.75) is 0 Å². The van der Waals surface area contributed by atoms with Gasteiger partial charge in [0.2, 0.25) is 0 Å². The van der Waals surface area contributed by atoms with Crippen molar-refractivity contribution in [2.24, 2.45) is 0 Å². The zero-order valence-corrected chi connectivity index (χ0v) is 13.7. The van der Waals surface area contributed by atoms with E-state index in [-0.39, 0.29) is 5.91 Å². The molecule has 2 aromatic carbocycles. The first-order chi connectivity index (χ1) is 11.7. The Labute approximate surface area is 139 Å². The summed E-state index contributed by atoms with van der Waals surface area (Å²) in [5, 5.41) is 3.58. The lowest BCUT2D eigenvalue weighted by molar-refractivity contribution is 0.102. The molecule has 1 heterocycles. The molecule has 0 saturated carbocycles. The van der Waals surface area contributed by atoms with Crippen LogP contribution in [0.5, 0.6) is 17.2 Å². The summed E-state index contributed by atoms with van der Waals surface area (Å²) in [5.41, 5.74) is 1.77. The number of benzene rings is 2. The number of carbonyl (C=O) groups excluding carboxylic acids is 1. The molecule has 0 saturated heterocycles. The van der Waals surface area contributed by atoms with E-state index in [1.54, 1.807) is 33.5 Å². The largest absolute Gasteiger partial charge is 0.496 e. The molecule has 0 radical (unpaired) electrons. The predicted molar refractivity (Wildman–Crippen MR) is 92.3 cm³/mol. The molecule has 24 heavy (non-hydrogen) atoms. The van der Waals surface area contributed by atoms with Gasteiger partial charge in [-0.05, 0) is 18.2 Å². The zero-order valence-electron chi connectivity index (χ0n) is 13.7. The van der Waals surface area contributed by atoms with Gasteiger partial charge in [-0.15, -0.1) is 0 Å². The molecule has 1 aromatic heterocycles. The zero-order chi connectivity index (χ0) is 17.1. The number of hydrogen-bond acceptors (Lipinski definition) is 4. The van der Waals surface area contributed by atoms with E-state index >= 15 is 0 Å². The van der Waals surface area contributed by atoms with Crippen LogP contribution in [0.1, 0.15) is 10.5 Å². The third-order valence-corrected chi connectivity index (χ3v) is 3.72. The molecular weight excluding hydrogens is 308 g/mol. The molecule has 0 spiro atoms. The molecule has 0 bridgehead atoms. The summed E-state index contributed by atoms with van der Waals surface area (Å²) in [7, 11) is 4.67. The van der Waals surface area contributed by atoms with E-state index in [1.165, 1.54) is 0 Å². The minimum Gasteiger partial charge on any atom is -0.496 e. The van der Waals surface area contributed by atoms with E-state index < -0.39 is 0 Å². The van der Waals surface area contributed by atoms with Gasteiger partial charge in [-0.25, -0.2) is 0 Å². The Morgan fingerprint density at radius 1 is 0.958 bits per heavy atom. The van der Waals surface area contributed by atoms with E-state index in [4.69, 9.17) is 14.2 Å². The van der Waals surface area contributed by atoms with Crippen molar-refractivity contribution >= 4 is 22.5 Å². The number of carbonyl (C=O) groups is 1. The quantitative estimate of drug-likeness (QED) is 0.753. The van der Waals surface area contributed by atoms with Crippen LogP contribution in [0.3, 0.4) is 0 Å². The number of ether oxygens (including phenoxy) is 3. The second-order valence-corrected chi connectivity index (χ2v) is 5.11. The fraction of sp³-hybridized carbons (Fsp3) is 0.167. The SMILES string of the molecule is COc1cc(OC)c2cc(C(=O)Nc3ccccc3)[nH]c2c1OC. The molecule has 6 heteroatoms. The lowest BCUT2D eigenvalue weighted by atomic mass is 10.2. The molecule has 0 unspecified atom stereocenters. The highest BCUT2D eigenvalue weighted by molar-refractivity contribution is 6.07. The van der Waals surface area contributed by atoms with Gasteiger partial charge in [0.25, 0.3) is 5.91 Å². The highest BCUT2D eigenvalue weighted by Crippen LogP contribution is 2.41. The van der Waals surface area contributed by atoms with Crippen LogP contribution in [0.25, 0.3) is 10.9 Å². The molecule has 1 amide bonds. The predicted octanol–water partition coefficient (Wildman–Crippen LogP) is 3.45. The first-order valence-electron chi connectivity index (χ1n) is 7.36. The van der Waals surface area contributed by atoms with Crippen molar-refractivity contribution in [3.05, 3.63) is 48.2 Å². The molecule has 6 nitrogen and oxygen atoms in total. The number of hydrogen-bond donors (Lipinski definition) is 2. The number of rotatable bonds is 5. The number of H-pyrrole nitrogens is 1. The van der Waals surface area contributed by atoms with E-state index in [1.807, 2.05) is 30.3 Å². The van der Waals surface area contributed by atoms with Gasteiger partial charge >= 0.3 is 0 Å². The van der Waals surface area contributed by atoms with Crippen molar-refractivity contribution < 1.29 is 19.0 Å². The second-order valence-electron chi connectivity index (χ2n) is 5.11. The number of methoxy groups -OCH3 is 3. The third kappa shape index (κ3) is 2.74. The molecular formula is C18H18N2O4. The summed E-state index contributed by atoms with van der Waals surface area (Å²) in [5.74, 6) is 1.39. The minimum absolute atomic E-state index is 0.250. The minimum atomic E-state index is -0.250. The van der Waals surface area contributed by atoms with E-state index in [0.29, 0.717) is 28.5 Å². The summed E-state index contributed by atoms with van der Waals surface area (Å²) in [4.78, 5) is 15.6. The average Bonchev–Trinajstić information content (AvgIpc) is 3.06. The lowest BCUT2D eigenvalue weighted by Crippen LogP contribution is -2.11. The van der Waals surface area contributed by atoms with Crippen LogP contribution >= 0.6 is 0 Å². The Morgan fingerprint density at radius 2 is 1.67 bits per heavy atom. The Bertz CT molecular complexity index is 872. The van der Waals surface area contributed by atoms with Crippen molar-refractivity contribution in [3.8, 4) is 17.2 Å². The molecule has 0 atom stereocenters. The maximum Gasteiger partial charge on any atom is 0.272 e. The van der Waals surface area contributed by atoms with Crippen LogP contribution in [0.2, 0.25) is 0 Å². The van der Waals surface area contributed by atoms with E-state index in [2.05, 4.69) is 10.3 Å². The highest BCUT2D eigenvalue weighted by atomic mass is 16.5. The molecule has 0 aliphatic carbocycles. The summed E-state index contributed by atoms with van der Waals surface area (Å²) < 4.78 is 16.1. The van der Waals surface area contributed by atoms with Gasteiger partial charge < -0.3 is 24.5 Å². The maximum atomic E-state index is 12.5. The smallest absolute Gasteiger partial charge is 0.272 e. The van der Waals surface area contributed by atoms with E-state index in [0.717, 1.165) is 11.1 Å². The van der Waals surface area contributed by atoms with Crippen LogP contribution in [0.4, 0.5) is 5.69 Å². The Morgan fingerprint density at radius 3 is 2.29 bits per heavy atom. The van der Waals surface area contributed by atoms with Crippen molar-refractivity contribution in [2.75, 3.05) is 26.6 Å². The van der Waals surface area contributed by atoms with Gasteiger partial charge in [0.15, 0.2) is 11.5 Å². The number of para-hydroxylation sites is 1. The summed E-state index contributed by atoms with van der Waals surface area (Å²) in [6.07, 6.45) is 0. The Balaban J connectivity index is 2.05. The molecule has 2 N–H and O–H groups in total. The van der Waals surface area contributed by atoms with E-state index in [9.17, 15) is 4.79 Å². The van der Waals surface area contributed by atoms with Crippen molar-refractivity contribution in [1.82, 2.24) is 4.98 Å². The van der Waals surface area contributed by atoms with Crippen LogP contribution < -0.4 is 19.5 Å². The molecule has 0 aliphatic rings. The number of amides is 1. The molecule has 3 rings (SSSR count). The Hall–Kier alpha value is -3.15. The lowest BCUT2D eigenvalue weighted by Gasteiger charge is -2.11. The average molecular weight is 326 g/mol. The number of anilines is 1. The molecule has 3 aromatic rings. The third-order valence-electron chi connectivity index (χ3n) is 3.72. The fourth-order valence-electron chi connectivity index (χ4n) is 2.58. The highest BCUT2D eigenvalue weighted by Gasteiger charge is 2.19. The van der Waals surface area contributed by atoms with Crippen molar-refractivity contribution in [1.29, 1.82) is 0 Å². The van der Waals surface area contributed by atoms with Gasteiger partial charge in [0.05, 0.1) is 26.8 Å². The monoisotopic (exact) mass is 326 g/mol. The fourth-order valence-corrected chi connectivity index (χ4v) is 2.58. The van der Waals surface area contributed by atoms with Crippen LogP contribution in [-0.4, -0.2) is 32.2 Å². The summed E-state index contributed by atoms with van der Waals surface area (Å²) in [6, 6.07) is 12.7. The normalized spacial score (nSPS) is 10.5. The summed E-state index contributed by atoms with van der Waals surface area (Å²) in [6.45, 7) is 0. The van der Waals surface area contributed by atoms with Crippen LogP contribution in [0, 0.1) is 0 Å². The van der Waals surface area contributed by atoms with Gasteiger partial charge in [-0.3, -0.25) is 4.79 Å². The Kier molecular flexibility index (Phi) is 4.29. The summed E-state index contributed by atoms with van der Waals surface area (Å²) >= 11 is 0. The standard InChI is InChI=1S/C18H18N2O4/c1-22-14-10-15(23-2)17(24-3)16-12(14)9-13(20-16)18(21)19-11-7-5-4-6-8-11/h4-10,20H,1-3H3,(H,19,21). The maximum absolute atomic E-state index is 12.5. The van der Waals surface area contributed by atoms with Crippen LogP contribution in [0.15, 0.2) is 42.5 Å². The molecule has 0 aliphatic heterocycles. The molecule has 0 fully saturated rings. The van der Waals surface area contributed by atoms with Gasteiger partial charge in [0, 0.05) is 17.1 Å². The number of fused-ring (bicyclic) bond motifs is 1. The van der Waals surface area contributed by atoms with Crippen molar-refractivity contribution in [3.63, 3.8) is 0 Å².